The number of hydrogen-bond acceptors (Lipinski definition) is 2. The van der Waals surface area contributed by atoms with E-state index in [2.05, 4.69) is 14.8 Å². The smallest absolute Gasteiger partial charge is 0.327 e. The molecule has 0 bridgehead atoms. The minimum Gasteiger partial charge on any atom is -0.327 e. The Kier molecular flexibility index (Phi) is 3.40. The van der Waals surface area contributed by atoms with E-state index >= 15 is 0 Å². The quantitative estimate of drug-likeness (QED) is 0.538. The van der Waals surface area contributed by atoms with Crippen LogP contribution in [0, 0.1) is 0 Å². The van der Waals surface area contributed by atoms with Gasteiger partial charge in [0.15, 0.2) is 0 Å². The Morgan fingerprint density at radius 2 is 1.93 bits per heavy atom. The number of halogens is 3. The molecule has 1 aliphatic rings. The first-order chi connectivity index (χ1) is 13.0. The van der Waals surface area contributed by atoms with Crippen LogP contribution in [0.2, 0.25) is 0 Å². The fourth-order valence-corrected chi connectivity index (χ4v) is 3.75. The van der Waals surface area contributed by atoms with Crippen molar-refractivity contribution in [3.05, 3.63) is 60.0 Å². The number of alkyl halides is 3. The standard InChI is InChI=1S/C20H15F3N4/c21-20(22,23)15-4-1-3-12(10-15)18-19(27-8-2-5-17(27)25-18)13-6-7-16-14(9-13)11-24-26-16/h1,3-4,6-7,9-11H,2,5,8H2,(H,24,26). The van der Waals surface area contributed by atoms with Crippen molar-refractivity contribution in [2.75, 3.05) is 0 Å². The molecule has 0 aliphatic carbocycles. The second kappa shape index (κ2) is 5.70. The van der Waals surface area contributed by atoms with Gasteiger partial charge in [0.1, 0.15) is 5.82 Å². The maximum Gasteiger partial charge on any atom is 0.416 e. The molecule has 0 unspecified atom stereocenters. The normalized spacial score (nSPS) is 14.0. The lowest BCUT2D eigenvalue weighted by molar-refractivity contribution is -0.137. The molecule has 0 saturated heterocycles. The first-order valence-electron chi connectivity index (χ1n) is 8.71. The number of aryl methyl sites for hydroxylation is 1. The summed E-state index contributed by atoms with van der Waals surface area (Å²) in [5, 5.41) is 7.92. The number of fused-ring (bicyclic) bond motifs is 2. The Labute approximate surface area is 152 Å². The number of hydrogen-bond donors (Lipinski definition) is 1. The summed E-state index contributed by atoms with van der Waals surface area (Å²) in [5.41, 5.74) is 3.12. The number of H-pyrrole nitrogens is 1. The fraction of sp³-hybridized carbons (Fsp3) is 0.200. The predicted octanol–water partition coefficient (Wildman–Crippen LogP) is 5.06. The molecule has 5 rings (SSSR count). The third-order valence-electron chi connectivity index (χ3n) is 5.01. The Balaban J connectivity index is 1.72. The molecule has 4 nitrogen and oxygen atoms in total. The second-order valence-electron chi connectivity index (χ2n) is 6.73. The van der Waals surface area contributed by atoms with Crippen molar-refractivity contribution in [3.63, 3.8) is 0 Å². The van der Waals surface area contributed by atoms with Gasteiger partial charge in [-0.05, 0) is 30.7 Å². The SMILES string of the molecule is FC(F)(F)c1cccc(-c2nc3n(c2-c2ccc4[nH]ncc4c2)CCC3)c1. The molecule has 0 radical (unpaired) electrons. The van der Waals surface area contributed by atoms with Gasteiger partial charge in [0.05, 0.1) is 28.7 Å². The molecule has 2 aromatic heterocycles. The van der Waals surface area contributed by atoms with E-state index in [1.54, 1.807) is 12.3 Å². The van der Waals surface area contributed by atoms with Crippen LogP contribution in [0.5, 0.6) is 0 Å². The summed E-state index contributed by atoms with van der Waals surface area (Å²) in [6, 6.07) is 11.3. The lowest BCUT2D eigenvalue weighted by Crippen LogP contribution is -2.04. The molecule has 7 heteroatoms. The van der Waals surface area contributed by atoms with E-state index in [1.165, 1.54) is 12.1 Å². The maximum atomic E-state index is 13.2. The third kappa shape index (κ3) is 2.61. The molecular formula is C20H15F3N4. The van der Waals surface area contributed by atoms with Crippen LogP contribution in [0.1, 0.15) is 17.8 Å². The zero-order chi connectivity index (χ0) is 18.6. The van der Waals surface area contributed by atoms with E-state index in [1.807, 2.05) is 18.2 Å². The van der Waals surface area contributed by atoms with Gasteiger partial charge in [0, 0.05) is 29.5 Å². The molecule has 2 aromatic carbocycles. The summed E-state index contributed by atoms with van der Waals surface area (Å²) in [4.78, 5) is 4.70. The van der Waals surface area contributed by atoms with E-state index in [4.69, 9.17) is 4.98 Å². The molecule has 136 valence electrons. The molecule has 1 aliphatic heterocycles. The zero-order valence-electron chi connectivity index (χ0n) is 14.2. The number of aromatic amines is 1. The molecule has 3 heterocycles. The highest BCUT2D eigenvalue weighted by Crippen LogP contribution is 2.38. The second-order valence-corrected chi connectivity index (χ2v) is 6.73. The van der Waals surface area contributed by atoms with Crippen LogP contribution in [0.15, 0.2) is 48.7 Å². The number of nitrogens with one attached hydrogen (secondary N) is 1. The predicted molar refractivity (Wildman–Crippen MR) is 96.1 cm³/mol. The third-order valence-corrected chi connectivity index (χ3v) is 5.01. The van der Waals surface area contributed by atoms with Gasteiger partial charge in [-0.3, -0.25) is 5.10 Å². The first-order valence-corrected chi connectivity index (χ1v) is 8.71. The van der Waals surface area contributed by atoms with Crippen LogP contribution in [-0.2, 0) is 19.1 Å². The van der Waals surface area contributed by atoms with Crippen LogP contribution in [-0.4, -0.2) is 19.7 Å². The van der Waals surface area contributed by atoms with Crippen molar-refractivity contribution in [2.45, 2.75) is 25.6 Å². The Morgan fingerprint density at radius 3 is 2.78 bits per heavy atom. The highest BCUT2D eigenvalue weighted by Gasteiger charge is 2.31. The number of benzene rings is 2. The number of nitrogens with zero attached hydrogens (tertiary/aromatic N) is 3. The topological polar surface area (TPSA) is 46.5 Å². The molecule has 0 atom stereocenters. The van der Waals surface area contributed by atoms with Crippen LogP contribution in [0.3, 0.4) is 0 Å². The van der Waals surface area contributed by atoms with E-state index in [9.17, 15) is 13.2 Å². The van der Waals surface area contributed by atoms with Crippen LogP contribution < -0.4 is 0 Å². The lowest BCUT2D eigenvalue weighted by atomic mass is 10.0. The Hall–Kier alpha value is -3.09. The summed E-state index contributed by atoms with van der Waals surface area (Å²) in [6.45, 7) is 0.819. The monoisotopic (exact) mass is 368 g/mol. The van der Waals surface area contributed by atoms with E-state index in [0.717, 1.165) is 53.4 Å². The van der Waals surface area contributed by atoms with Gasteiger partial charge in [0.2, 0.25) is 0 Å². The number of rotatable bonds is 2. The van der Waals surface area contributed by atoms with Crippen molar-refractivity contribution in [3.8, 4) is 22.5 Å². The maximum absolute atomic E-state index is 13.2. The molecule has 0 fully saturated rings. The van der Waals surface area contributed by atoms with Gasteiger partial charge in [-0.25, -0.2) is 4.98 Å². The average molecular weight is 368 g/mol. The summed E-state index contributed by atoms with van der Waals surface area (Å²) >= 11 is 0. The molecule has 27 heavy (non-hydrogen) atoms. The van der Waals surface area contributed by atoms with E-state index in [-0.39, 0.29) is 0 Å². The highest BCUT2D eigenvalue weighted by molar-refractivity contribution is 5.87. The van der Waals surface area contributed by atoms with Gasteiger partial charge < -0.3 is 4.57 Å². The van der Waals surface area contributed by atoms with Crippen LogP contribution in [0.25, 0.3) is 33.4 Å². The number of aromatic nitrogens is 4. The largest absolute Gasteiger partial charge is 0.416 e. The van der Waals surface area contributed by atoms with Crippen molar-refractivity contribution < 1.29 is 13.2 Å². The molecule has 0 spiro atoms. The van der Waals surface area contributed by atoms with E-state index < -0.39 is 11.7 Å². The van der Waals surface area contributed by atoms with Gasteiger partial charge in [-0.2, -0.15) is 18.3 Å². The lowest BCUT2D eigenvalue weighted by Gasteiger charge is -2.11. The van der Waals surface area contributed by atoms with Gasteiger partial charge in [-0.15, -0.1) is 0 Å². The van der Waals surface area contributed by atoms with E-state index in [0.29, 0.717) is 11.3 Å². The fourth-order valence-electron chi connectivity index (χ4n) is 3.75. The molecule has 4 aromatic rings. The van der Waals surface area contributed by atoms with Crippen molar-refractivity contribution in [2.24, 2.45) is 0 Å². The van der Waals surface area contributed by atoms with Gasteiger partial charge >= 0.3 is 6.18 Å². The molecule has 1 N–H and O–H groups in total. The summed E-state index contributed by atoms with van der Waals surface area (Å²) in [6.07, 6.45) is -0.815. The van der Waals surface area contributed by atoms with Crippen molar-refractivity contribution in [1.82, 2.24) is 19.7 Å². The summed E-state index contributed by atoms with van der Waals surface area (Å²) in [5.74, 6) is 0.921. The Morgan fingerprint density at radius 1 is 1.04 bits per heavy atom. The first kappa shape index (κ1) is 16.1. The van der Waals surface area contributed by atoms with Crippen molar-refractivity contribution >= 4 is 10.9 Å². The molecule has 0 amide bonds. The number of imidazole rings is 1. The van der Waals surface area contributed by atoms with Crippen molar-refractivity contribution in [1.29, 1.82) is 0 Å². The zero-order valence-corrected chi connectivity index (χ0v) is 14.2. The summed E-state index contributed by atoms with van der Waals surface area (Å²) < 4.78 is 41.6. The summed E-state index contributed by atoms with van der Waals surface area (Å²) in [7, 11) is 0. The minimum absolute atomic E-state index is 0.481. The molecule has 0 saturated carbocycles. The van der Waals surface area contributed by atoms with Gasteiger partial charge in [-0.1, -0.05) is 18.2 Å². The van der Waals surface area contributed by atoms with Crippen LogP contribution >= 0.6 is 0 Å². The van der Waals surface area contributed by atoms with Gasteiger partial charge in [0.25, 0.3) is 0 Å². The Bertz CT molecular complexity index is 1150. The highest BCUT2D eigenvalue weighted by atomic mass is 19.4. The molecular weight excluding hydrogens is 353 g/mol. The average Bonchev–Trinajstić information content (AvgIpc) is 3.35. The van der Waals surface area contributed by atoms with Crippen LogP contribution in [0.4, 0.5) is 13.2 Å². The minimum atomic E-state index is -4.38.